The molecule has 3 rings (SSSR count). The molecule has 2 amide bonds. The Morgan fingerprint density at radius 1 is 1.15 bits per heavy atom. The van der Waals surface area contributed by atoms with Gasteiger partial charge in [-0.2, -0.15) is 0 Å². The first-order valence-electron chi connectivity index (χ1n) is 11.1. The summed E-state index contributed by atoms with van der Waals surface area (Å²) < 4.78 is 0. The van der Waals surface area contributed by atoms with Crippen LogP contribution < -0.4 is 10.2 Å². The molecule has 0 spiro atoms. The first-order valence-corrected chi connectivity index (χ1v) is 12.4. The van der Waals surface area contributed by atoms with Crippen molar-refractivity contribution in [2.75, 3.05) is 36.6 Å². The van der Waals surface area contributed by atoms with Gasteiger partial charge in [0.2, 0.25) is 11.0 Å². The van der Waals surface area contributed by atoms with Gasteiger partial charge >= 0.3 is 0 Å². The van der Waals surface area contributed by atoms with Gasteiger partial charge in [-0.25, -0.2) is 0 Å². The maximum atomic E-state index is 12.7. The van der Waals surface area contributed by atoms with Crippen molar-refractivity contribution in [1.29, 1.82) is 0 Å². The highest BCUT2D eigenvalue weighted by atomic mass is 35.5. The lowest BCUT2D eigenvalue weighted by atomic mass is 9.97. The number of aryl methyl sites for hydroxylation is 2. The van der Waals surface area contributed by atoms with E-state index in [0.717, 1.165) is 30.3 Å². The molecule has 0 aliphatic carbocycles. The summed E-state index contributed by atoms with van der Waals surface area (Å²) in [4.78, 5) is 41.0. The summed E-state index contributed by atoms with van der Waals surface area (Å²) >= 11 is 7.41. The quantitative estimate of drug-likeness (QED) is 0.608. The summed E-state index contributed by atoms with van der Waals surface area (Å²) in [5, 5.41) is 3.57. The molecule has 33 heavy (non-hydrogen) atoms. The predicted molar refractivity (Wildman–Crippen MR) is 136 cm³/mol. The van der Waals surface area contributed by atoms with Gasteiger partial charge in [0.25, 0.3) is 5.91 Å². The minimum absolute atomic E-state index is 0.0184. The van der Waals surface area contributed by atoms with Gasteiger partial charge in [-0.05, 0) is 56.0 Å². The van der Waals surface area contributed by atoms with Crippen molar-refractivity contribution in [2.45, 2.75) is 39.2 Å². The van der Waals surface area contributed by atoms with Gasteiger partial charge < -0.3 is 15.1 Å². The Morgan fingerprint density at radius 2 is 1.91 bits per heavy atom. The standard InChI is InChI=1S/C25H30ClN3O3S/c1-5-12-28(3)24(31)18-8-11-22(19(26)14-18)29(4)23(30)15-33-25(32)21-10-7-17-13-16(2)6-9-20(17)27-21/h6,8-9,11,13-14,21,27H,5,7,10,12,15H2,1-4H3. The lowest BCUT2D eigenvalue weighted by molar-refractivity contribution is -0.116. The first kappa shape index (κ1) is 25.1. The van der Waals surface area contributed by atoms with Crippen LogP contribution in [-0.4, -0.2) is 54.3 Å². The number of thioether (sulfide) groups is 1. The number of amides is 2. The van der Waals surface area contributed by atoms with Crippen LogP contribution in [0.3, 0.4) is 0 Å². The maximum Gasteiger partial charge on any atom is 0.253 e. The average Bonchev–Trinajstić information content (AvgIpc) is 2.81. The fourth-order valence-electron chi connectivity index (χ4n) is 3.84. The largest absolute Gasteiger partial charge is 0.374 e. The van der Waals surface area contributed by atoms with Crippen molar-refractivity contribution in [3.05, 3.63) is 58.1 Å². The molecule has 0 bridgehead atoms. The van der Waals surface area contributed by atoms with E-state index in [0.29, 0.717) is 29.2 Å². The van der Waals surface area contributed by atoms with Gasteiger partial charge in [0.15, 0.2) is 0 Å². The van der Waals surface area contributed by atoms with E-state index in [4.69, 9.17) is 11.6 Å². The number of benzene rings is 2. The van der Waals surface area contributed by atoms with Crippen LogP contribution in [0, 0.1) is 6.92 Å². The zero-order valence-corrected chi connectivity index (χ0v) is 21.1. The van der Waals surface area contributed by atoms with Gasteiger partial charge in [-0.15, -0.1) is 0 Å². The molecule has 1 heterocycles. The Labute approximate surface area is 204 Å². The Bertz CT molecular complexity index is 1060. The van der Waals surface area contributed by atoms with Crippen molar-refractivity contribution in [3.8, 4) is 0 Å². The molecule has 1 unspecified atom stereocenters. The molecule has 0 saturated heterocycles. The smallest absolute Gasteiger partial charge is 0.253 e. The molecule has 2 aromatic rings. The van der Waals surface area contributed by atoms with E-state index < -0.39 is 0 Å². The zero-order valence-electron chi connectivity index (χ0n) is 19.5. The molecule has 0 saturated carbocycles. The summed E-state index contributed by atoms with van der Waals surface area (Å²) in [5.41, 5.74) is 4.39. The highest BCUT2D eigenvalue weighted by Gasteiger charge is 2.26. The van der Waals surface area contributed by atoms with Gasteiger partial charge in [0.1, 0.15) is 0 Å². The summed E-state index contributed by atoms with van der Waals surface area (Å²) in [6.07, 6.45) is 2.41. The van der Waals surface area contributed by atoms with E-state index in [9.17, 15) is 14.4 Å². The second-order valence-corrected chi connectivity index (χ2v) is 9.74. The van der Waals surface area contributed by atoms with Crippen molar-refractivity contribution in [3.63, 3.8) is 0 Å². The van der Waals surface area contributed by atoms with Crippen LogP contribution in [0.25, 0.3) is 0 Å². The van der Waals surface area contributed by atoms with E-state index in [2.05, 4.69) is 18.3 Å². The monoisotopic (exact) mass is 487 g/mol. The molecule has 8 heteroatoms. The van der Waals surface area contributed by atoms with E-state index in [1.807, 2.05) is 19.1 Å². The lowest BCUT2D eigenvalue weighted by Gasteiger charge is -2.26. The number of anilines is 2. The number of hydrogen-bond acceptors (Lipinski definition) is 5. The van der Waals surface area contributed by atoms with Crippen LogP contribution in [0.5, 0.6) is 0 Å². The second-order valence-electron chi connectivity index (χ2n) is 8.35. The van der Waals surface area contributed by atoms with Crippen molar-refractivity contribution in [1.82, 2.24) is 4.90 Å². The van der Waals surface area contributed by atoms with Gasteiger partial charge in [0, 0.05) is 31.9 Å². The van der Waals surface area contributed by atoms with Crippen LogP contribution >= 0.6 is 23.4 Å². The van der Waals surface area contributed by atoms with Crippen molar-refractivity contribution < 1.29 is 14.4 Å². The normalized spacial score (nSPS) is 14.8. The Morgan fingerprint density at radius 3 is 2.61 bits per heavy atom. The van der Waals surface area contributed by atoms with Crippen LogP contribution in [0.15, 0.2) is 36.4 Å². The van der Waals surface area contributed by atoms with Crippen molar-refractivity contribution >= 4 is 51.7 Å². The van der Waals surface area contributed by atoms with Crippen LogP contribution in [0.2, 0.25) is 5.02 Å². The SMILES string of the molecule is CCCN(C)C(=O)c1ccc(N(C)C(=O)CSC(=O)C2CCc3cc(C)ccc3N2)c(Cl)c1. The van der Waals surface area contributed by atoms with Gasteiger partial charge in [0.05, 0.1) is 22.5 Å². The molecule has 0 fully saturated rings. The molecule has 6 nitrogen and oxygen atoms in total. The molecular formula is C25H30ClN3O3S. The topological polar surface area (TPSA) is 69.7 Å². The Hall–Kier alpha value is -2.51. The number of hydrogen-bond donors (Lipinski definition) is 1. The molecule has 2 aromatic carbocycles. The Balaban J connectivity index is 1.57. The zero-order chi connectivity index (χ0) is 24.1. The third-order valence-corrected chi connectivity index (χ3v) is 7.01. The van der Waals surface area contributed by atoms with E-state index in [1.165, 1.54) is 16.0 Å². The summed E-state index contributed by atoms with van der Waals surface area (Å²) in [5.74, 6) is -0.328. The van der Waals surface area contributed by atoms with Crippen LogP contribution in [0.4, 0.5) is 11.4 Å². The van der Waals surface area contributed by atoms with Crippen LogP contribution in [0.1, 0.15) is 41.3 Å². The number of fused-ring (bicyclic) bond motifs is 1. The van der Waals surface area contributed by atoms with Crippen molar-refractivity contribution in [2.24, 2.45) is 0 Å². The fraction of sp³-hybridized carbons (Fsp3) is 0.400. The third-order valence-electron chi connectivity index (χ3n) is 5.75. The second kappa shape index (κ2) is 11.1. The molecule has 0 radical (unpaired) electrons. The Kier molecular flexibility index (Phi) is 8.43. The summed E-state index contributed by atoms with van der Waals surface area (Å²) in [7, 11) is 3.37. The van der Waals surface area contributed by atoms with Crippen LogP contribution in [-0.2, 0) is 16.0 Å². The molecule has 1 N–H and O–H groups in total. The number of carbonyl (C=O) groups excluding carboxylic acids is 3. The minimum Gasteiger partial charge on any atom is -0.374 e. The highest BCUT2D eigenvalue weighted by Crippen LogP contribution is 2.29. The first-order chi connectivity index (χ1) is 15.7. The molecule has 1 aliphatic heterocycles. The van der Waals surface area contributed by atoms with E-state index >= 15 is 0 Å². The van der Waals surface area contributed by atoms with Gasteiger partial charge in [-0.1, -0.05) is 48.0 Å². The minimum atomic E-state index is -0.308. The third kappa shape index (κ3) is 6.09. The van der Waals surface area contributed by atoms with E-state index in [-0.39, 0.29) is 28.7 Å². The van der Waals surface area contributed by atoms with Gasteiger partial charge in [-0.3, -0.25) is 14.4 Å². The number of carbonyl (C=O) groups is 3. The fourth-order valence-corrected chi connectivity index (χ4v) is 4.99. The molecule has 0 aromatic heterocycles. The highest BCUT2D eigenvalue weighted by molar-refractivity contribution is 8.14. The lowest BCUT2D eigenvalue weighted by Crippen LogP contribution is -2.34. The summed E-state index contributed by atoms with van der Waals surface area (Å²) in [6, 6.07) is 10.8. The molecule has 1 atom stereocenters. The summed E-state index contributed by atoms with van der Waals surface area (Å²) in [6.45, 7) is 4.72. The predicted octanol–water partition coefficient (Wildman–Crippen LogP) is 4.78. The average molecular weight is 488 g/mol. The number of nitrogens with one attached hydrogen (secondary N) is 1. The number of nitrogens with zero attached hydrogens (tertiary/aromatic N) is 2. The maximum absolute atomic E-state index is 12.7. The number of halogens is 1. The van der Waals surface area contributed by atoms with E-state index in [1.54, 1.807) is 37.2 Å². The molecular weight excluding hydrogens is 458 g/mol. The molecule has 176 valence electrons. The molecule has 1 aliphatic rings. The number of rotatable bonds is 7.